The van der Waals surface area contributed by atoms with Gasteiger partial charge < -0.3 is 10.5 Å². The zero-order valence-corrected chi connectivity index (χ0v) is 11.9. The van der Waals surface area contributed by atoms with Crippen molar-refractivity contribution < 1.29 is 22.3 Å². The molecule has 1 atom stereocenters. The number of halogens is 5. The first kappa shape index (κ1) is 19.0. The Morgan fingerprint density at radius 3 is 2.45 bits per heavy atom. The number of alkyl halides is 3. The minimum absolute atomic E-state index is 0. The first-order valence-corrected chi connectivity index (χ1v) is 6.14. The quantitative estimate of drug-likeness (QED) is 0.608. The molecule has 7 heteroatoms. The number of unbranched alkanes of at least 4 members (excludes halogenated alkanes) is 2. The first-order chi connectivity index (χ1) is 8.83. The summed E-state index contributed by atoms with van der Waals surface area (Å²) in [5, 5.41) is 0. The second-order valence-electron chi connectivity index (χ2n) is 4.33. The summed E-state index contributed by atoms with van der Waals surface area (Å²) in [7, 11) is 0. The Morgan fingerprint density at radius 1 is 1.25 bits per heavy atom. The van der Waals surface area contributed by atoms with Crippen molar-refractivity contribution in [3.8, 4) is 5.75 Å². The molecule has 0 saturated heterocycles. The highest BCUT2D eigenvalue weighted by Crippen LogP contribution is 2.28. The van der Waals surface area contributed by atoms with Crippen LogP contribution in [-0.2, 0) is 0 Å². The van der Waals surface area contributed by atoms with E-state index in [1.165, 1.54) is 0 Å². The predicted octanol–water partition coefficient (Wildman–Crippen LogP) is 4.73. The fourth-order valence-electron chi connectivity index (χ4n) is 1.77. The lowest BCUT2D eigenvalue weighted by Crippen LogP contribution is -2.18. The highest BCUT2D eigenvalue weighted by Gasteiger charge is 2.31. The molecule has 0 radical (unpaired) electrons. The molecule has 0 aromatic heterocycles. The third kappa shape index (κ3) is 6.43. The standard InChI is InChI=1S/C13H17F4NO.ClH/c1-2-3-4-5-12(18)10-8-9(6-7-11(10)14)19-13(15,16)17;/h6-8,12H,2-5,18H2,1H3;1H/t12-;/m0./s1. The summed E-state index contributed by atoms with van der Waals surface area (Å²) in [5.41, 5.74) is 5.85. The molecule has 2 N–H and O–H groups in total. The highest BCUT2D eigenvalue weighted by atomic mass is 35.5. The number of benzene rings is 1. The molecule has 2 nitrogen and oxygen atoms in total. The topological polar surface area (TPSA) is 35.2 Å². The van der Waals surface area contributed by atoms with Crippen LogP contribution in [0.3, 0.4) is 0 Å². The van der Waals surface area contributed by atoms with Crippen molar-refractivity contribution in [1.82, 2.24) is 0 Å². The molecule has 0 aliphatic rings. The number of hydrogen-bond donors (Lipinski definition) is 1. The van der Waals surface area contributed by atoms with Crippen LogP contribution in [0.5, 0.6) is 5.75 Å². The molecule has 0 unspecified atom stereocenters. The molecule has 0 amide bonds. The maximum absolute atomic E-state index is 13.5. The van der Waals surface area contributed by atoms with Crippen LogP contribution in [-0.4, -0.2) is 6.36 Å². The van der Waals surface area contributed by atoms with Gasteiger partial charge in [-0.2, -0.15) is 0 Å². The molecule has 1 aromatic rings. The third-order valence-corrected chi connectivity index (χ3v) is 2.72. The van der Waals surface area contributed by atoms with Crippen molar-refractivity contribution >= 4 is 12.4 Å². The van der Waals surface area contributed by atoms with E-state index in [2.05, 4.69) is 4.74 Å². The van der Waals surface area contributed by atoms with Crippen LogP contribution in [0.1, 0.15) is 44.2 Å². The second kappa shape index (κ2) is 8.32. The fourth-order valence-corrected chi connectivity index (χ4v) is 1.77. The fraction of sp³-hybridized carbons (Fsp3) is 0.538. The van der Waals surface area contributed by atoms with Gasteiger partial charge in [0.25, 0.3) is 0 Å². The van der Waals surface area contributed by atoms with Crippen LogP contribution < -0.4 is 10.5 Å². The lowest BCUT2D eigenvalue weighted by Gasteiger charge is -2.15. The van der Waals surface area contributed by atoms with Gasteiger partial charge in [0.05, 0.1) is 0 Å². The van der Waals surface area contributed by atoms with Crippen molar-refractivity contribution in [2.75, 3.05) is 0 Å². The Hall–Kier alpha value is -1.01. The predicted molar refractivity (Wildman–Crippen MR) is 71.4 cm³/mol. The van der Waals surface area contributed by atoms with E-state index in [1.54, 1.807) is 0 Å². The van der Waals surface area contributed by atoms with Crippen LogP contribution in [0.15, 0.2) is 18.2 Å². The second-order valence-corrected chi connectivity index (χ2v) is 4.33. The minimum Gasteiger partial charge on any atom is -0.406 e. The summed E-state index contributed by atoms with van der Waals surface area (Å²) in [6, 6.07) is 2.27. The average molecular weight is 316 g/mol. The van der Waals surface area contributed by atoms with Crippen molar-refractivity contribution in [3.05, 3.63) is 29.6 Å². The van der Waals surface area contributed by atoms with E-state index >= 15 is 0 Å². The third-order valence-electron chi connectivity index (χ3n) is 2.72. The summed E-state index contributed by atoms with van der Waals surface area (Å²) in [6.45, 7) is 2.02. The summed E-state index contributed by atoms with van der Waals surface area (Å²) in [6.07, 6.45) is -1.51. The van der Waals surface area contributed by atoms with E-state index in [1.807, 2.05) is 6.92 Å². The van der Waals surface area contributed by atoms with Gasteiger partial charge in [0.2, 0.25) is 0 Å². The molecule has 0 fully saturated rings. The molecule has 20 heavy (non-hydrogen) atoms. The van der Waals surface area contributed by atoms with Crippen LogP contribution >= 0.6 is 12.4 Å². The number of nitrogens with two attached hydrogens (primary N) is 1. The number of ether oxygens (including phenoxy) is 1. The van der Waals surface area contributed by atoms with E-state index in [0.29, 0.717) is 6.42 Å². The number of hydrogen-bond acceptors (Lipinski definition) is 2. The lowest BCUT2D eigenvalue weighted by molar-refractivity contribution is -0.274. The van der Waals surface area contributed by atoms with Gasteiger partial charge in [0, 0.05) is 11.6 Å². The summed E-state index contributed by atoms with van der Waals surface area (Å²) in [5.74, 6) is -1.06. The maximum atomic E-state index is 13.5. The molecule has 116 valence electrons. The van der Waals surface area contributed by atoms with Gasteiger partial charge in [-0.25, -0.2) is 4.39 Å². The van der Waals surface area contributed by atoms with Crippen LogP contribution in [0.2, 0.25) is 0 Å². The average Bonchev–Trinajstić information content (AvgIpc) is 2.30. The highest BCUT2D eigenvalue weighted by molar-refractivity contribution is 5.85. The zero-order chi connectivity index (χ0) is 14.5. The lowest BCUT2D eigenvalue weighted by atomic mass is 10.0. The molecule has 0 heterocycles. The zero-order valence-electron chi connectivity index (χ0n) is 11.0. The Morgan fingerprint density at radius 2 is 1.90 bits per heavy atom. The summed E-state index contributed by atoms with van der Waals surface area (Å²) >= 11 is 0. The Balaban J connectivity index is 0.00000361. The van der Waals surface area contributed by atoms with Crippen molar-refractivity contribution in [3.63, 3.8) is 0 Å². The van der Waals surface area contributed by atoms with Crippen LogP contribution in [0.25, 0.3) is 0 Å². The van der Waals surface area contributed by atoms with Crippen LogP contribution in [0, 0.1) is 5.82 Å². The normalized spacial score (nSPS) is 12.7. The molecule has 0 bridgehead atoms. The van der Waals surface area contributed by atoms with E-state index in [4.69, 9.17) is 5.73 Å². The minimum atomic E-state index is -4.79. The Bertz CT molecular complexity index is 412. The largest absolute Gasteiger partial charge is 0.573 e. The summed E-state index contributed by atoms with van der Waals surface area (Å²) in [4.78, 5) is 0. The number of rotatable bonds is 6. The van der Waals surface area contributed by atoms with Gasteiger partial charge in [-0.15, -0.1) is 25.6 Å². The van der Waals surface area contributed by atoms with Crippen LogP contribution in [0.4, 0.5) is 17.6 Å². The van der Waals surface area contributed by atoms with Crippen molar-refractivity contribution in [2.24, 2.45) is 5.73 Å². The van der Waals surface area contributed by atoms with Gasteiger partial charge in [-0.1, -0.05) is 26.2 Å². The van der Waals surface area contributed by atoms with Gasteiger partial charge >= 0.3 is 6.36 Å². The molecule has 0 aliphatic heterocycles. The van der Waals surface area contributed by atoms with E-state index in [9.17, 15) is 17.6 Å². The molecular weight excluding hydrogens is 298 g/mol. The van der Waals surface area contributed by atoms with E-state index < -0.39 is 24.0 Å². The van der Waals surface area contributed by atoms with E-state index in [-0.39, 0.29) is 18.0 Å². The SMILES string of the molecule is CCCCC[C@H](N)c1cc(OC(F)(F)F)ccc1F.Cl. The molecule has 0 aliphatic carbocycles. The van der Waals surface area contributed by atoms with Gasteiger partial charge in [0.1, 0.15) is 11.6 Å². The Labute approximate surface area is 121 Å². The molecule has 1 rings (SSSR count). The Kier molecular flexibility index (Phi) is 7.90. The molecular formula is C13H18ClF4NO. The monoisotopic (exact) mass is 315 g/mol. The van der Waals surface area contributed by atoms with E-state index in [0.717, 1.165) is 37.5 Å². The maximum Gasteiger partial charge on any atom is 0.573 e. The van der Waals surface area contributed by atoms with Gasteiger partial charge in [-0.05, 0) is 24.6 Å². The molecule has 0 spiro atoms. The van der Waals surface area contributed by atoms with Crippen molar-refractivity contribution in [1.29, 1.82) is 0 Å². The van der Waals surface area contributed by atoms with Gasteiger partial charge in [-0.3, -0.25) is 0 Å². The molecule has 1 aromatic carbocycles. The summed E-state index contributed by atoms with van der Waals surface area (Å²) < 4.78 is 53.5. The molecule has 0 saturated carbocycles. The first-order valence-electron chi connectivity index (χ1n) is 6.14. The van der Waals surface area contributed by atoms with Gasteiger partial charge in [0.15, 0.2) is 0 Å². The van der Waals surface area contributed by atoms with Crippen molar-refractivity contribution in [2.45, 2.75) is 45.0 Å². The smallest absolute Gasteiger partial charge is 0.406 e.